The zero-order valence-corrected chi connectivity index (χ0v) is 27.4. The molecule has 0 aromatic heterocycles. The van der Waals surface area contributed by atoms with E-state index in [4.69, 9.17) is 5.73 Å². The minimum atomic E-state index is -4.89. The van der Waals surface area contributed by atoms with Crippen LogP contribution in [0.3, 0.4) is 0 Å². The summed E-state index contributed by atoms with van der Waals surface area (Å²) in [6.07, 6.45) is 0. The molecule has 0 spiro atoms. The van der Waals surface area contributed by atoms with Gasteiger partial charge in [0.25, 0.3) is 52.3 Å². The van der Waals surface area contributed by atoms with Crippen molar-refractivity contribution < 1.29 is 61.5 Å². The van der Waals surface area contributed by atoms with Gasteiger partial charge in [0.2, 0.25) is 0 Å². The van der Waals surface area contributed by atoms with E-state index in [1.54, 1.807) is 0 Å². The van der Waals surface area contributed by atoms with Gasteiger partial charge in [0.15, 0.2) is 0 Å². The maximum absolute atomic E-state index is 13.4. The Bertz CT molecular complexity index is 2520. The standard InChI is InChI=1S/C28H21N3O14S4/c29-18-6-16(27(32)30-25-12-21(48(40,41)42)10-14-8-19(46(34,35)36)1-3-23(14)25)5-17(7-18)28(33)31-26-13-22(49(43,44)45)11-15-9-20(47(37,38)39)2-4-24(15)26/h1-13H,29H2,(H,30,32)(H,31,33)(H,34,35,36)(H,37,38,39)(H,40,41,42)(H,43,44,45). The van der Waals surface area contributed by atoms with E-state index < -0.39 is 71.9 Å². The third kappa shape index (κ3) is 7.68. The van der Waals surface area contributed by atoms with Crippen molar-refractivity contribution in [3.05, 3.63) is 90.0 Å². The molecule has 5 rings (SSSR count). The lowest BCUT2D eigenvalue weighted by atomic mass is 10.1. The van der Waals surface area contributed by atoms with Crippen molar-refractivity contribution in [1.82, 2.24) is 0 Å². The number of nitrogens with two attached hydrogens (primary N) is 1. The molecule has 0 fully saturated rings. The van der Waals surface area contributed by atoms with Crippen LogP contribution in [0.1, 0.15) is 20.7 Å². The first-order valence-electron chi connectivity index (χ1n) is 13.1. The van der Waals surface area contributed by atoms with E-state index in [9.17, 15) is 61.5 Å². The van der Waals surface area contributed by atoms with Crippen molar-refractivity contribution in [2.75, 3.05) is 16.4 Å². The second-order valence-electron chi connectivity index (χ2n) is 10.4. The Morgan fingerprint density at radius 2 is 0.796 bits per heavy atom. The number of nitrogens with one attached hydrogen (secondary N) is 2. The summed E-state index contributed by atoms with van der Waals surface area (Å²) in [5.41, 5.74) is 4.82. The average molecular weight is 752 g/mol. The molecule has 5 aromatic carbocycles. The lowest BCUT2D eigenvalue weighted by Gasteiger charge is -2.14. The molecular formula is C28H21N3O14S4. The van der Waals surface area contributed by atoms with Crippen LogP contribution in [-0.2, 0) is 40.5 Å². The van der Waals surface area contributed by atoms with Crippen molar-refractivity contribution in [2.45, 2.75) is 19.6 Å². The second kappa shape index (κ2) is 12.2. The highest BCUT2D eigenvalue weighted by Crippen LogP contribution is 2.32. The molecule has 0 radical (unpaired) electrons. The van der Waals surface area contributed by atoms with Crippen LogP contribution >= 0.6 is 0 Å². The van der Waals surface area contributed by atoms with Gasteiger partial charge < -0.3 is 16.4 Å². The molecule has 0 aliphatic heterocycles. The van der Waals surface area contributed by atoms with E-state index >= 15 is 0 Å². The van der Waals surface area contributed by atoms with Crippen molar-refractivity contribution in [1.29, 1.82) is 0 Å². The summed E-state index contributed by atoms with van der Waals surface area (Å²) >= 11 is 0. The molecule has 21 heteroatoms. The van der Waals surface area contributed by atoms with E-state index in [0.717, 1.165) is 78.9 Å². The Hall–Kier alpha value is -5.00. The smallest absolute Gasteiger partial charge is 0.294 e. The molecule has 5 aromatic rings. The minimum absolute atomic E-state index is 0.0813. The molecule has 49 heavy (non-hydrogen) atoms. The molecule has 17 nitrogen and oxygen atoms in total. The van der Waals surface area contributed by atoms with E-state index in [1.807, 2.05) is 0 Å². The van der Waals surface area contributed by atoms with Crippen LogP contribution in [0.15, 0.2) is 98.4 Å². The summed E-state index contributed by atoms with van der Waals surface area (Å²) in [4.78, 5) is 24.0. The fourth-order valence-corrected chi connectivity index (χ4v) is 6.89. The molecule has 2 amide bonds. The summed E-state index contributed by atoms with van der Waals surface area (Å²) in [6, 6.07) is 13.0. The number of hydrogen-bond donors (Lipinski definition) is 7. The van der Waals surface area contributed by atoms with Gasteiger partial charge >= 0.3 is 0 Å². The number of rotatable bonds is 8. The minimum Gasteiger partial charge on any atom is -0.399 e. The van der Waals surface area contributed by atoms with Crippen LogP contribution in [0.2, 0.25) is 0 Å². The molecule has 0 unspecified atom stereocenters. The maximum Gasteiger partial charge on any atom is 0.294 e. The van der Waals surface area contributed by atoms with Crippen LogP contribution < -0.4 is 16.4 Å². The Morgan fingerprint density at radius 1 is 0.469 bits per heavy atom. The van der Waals surface area contributed by atoms with Crippen molar-refractivity contribution in [3.8, 4) is 0 Å². The molecule has 8 N–H and O–H groups in total. The van der Waals surface area contributed by atoms with E-state index in [0.29, 0.717) is 0 Å². The Labute approximate surface area is 277 Å². The first-order chi connectivity index (χ1) is 22.5. The van der Waals surface area contributed by atoms with Crippen LogP contribution in [0.5, 0.6) is 0 Å². The third-order valence-electron chi connectivity index (χ3n) is 6.96. The second-order valence-corrected chi connectivity index (χ2v) is 16.0. The summed E-state index contributed by atoms with van der Waals surface area (Å²) in [5.74, 6) is -1.93. The molecule has 0 saturated heterocycles. The first kappa shape index (κ1) is 35.3. The molecule has 0 saturated carbocycles. The molecule has 256 valence electrons. The molecule has 0 atom stereocenters. The topological polar surface area (TPSA) is 302 Å². The quantitative estimate of drug-likeness (QED) is 0.0885. The predicted molar refractivity (Wildman–Crippen MR) is 174 cm³/mol. The zero-order valence-electron chi connectivity index (χ0n) is 24.1. The molecule has 0 bridgehead atoms. The normalized spacial score (nSPS) is 12.6. The Balaban J connectivity index is 1.54. The SMILES string of the molecule is Nc1cc(C(=O)Nc2cc(S(=O)(=O)O)cc3cc(S(=O)(=O)O)ccc23)cc(C(=O)Nc2cc(S(=O)(=O)O)cc3cc(S(=O)(=O)O)ccc23)c1. The maximum atomic E-state index is 13.4. The van der Waals surface area contributed by atoms with Gasteiger partial charge in [0.1, 0.15) is 0 Å². The summed E-state index contributed by atoms with van der Waals surface area (Å²) < 4.78 is 132. The number of anilines is 3. The number of carbonyl (C=O) groups excluding carboxylic acids is 2. The largest absolute Gasteiger partial charge is 0.399 e. The third-order valence-corrected chi connectivity index (χ3v) is 10.3. The first-order valence-corrected chi connectivity index (χ1v) is 18.9. The van der Waals surface area contributed by atoms with Crippen molar-refractivity contribution in [3.63, 3.8) is 0 Å². The fraction of sp³-hybridized carbons (Fsp3) is 0. The number of fused-ring (bicyclic) bond motifs is 2. The van der Waals surface area contributed by atoms with E-state index in [2.05, 4.69) is 10.6 Å². The van der Waals surface area contributed by atoms with Crippen LogP contribution in [0, 0.1) is 0 Å². The lowest BCUT2D eigenvalue weighted by molar-refractivity contribution is 0.102. The molecule has 0 aliphatic carbocycles. The van der Waals surface area contributed by atoms with Crippen LogP contribution in [0.25, 0.3) is 21.5 Å². The number of hydrogen-bond acceptors (Lipinski definition) is 11. The highest BCUT2D eigenvalue weighted by Gasteiger charge is 2.21. The summed E-state index contributed by atoms with van der Waals surface area (Å²) in [6.45, 7) is 0. The van der Waals surface area contributed by atoms with Gasteiger partial charge in [-0.05, 0) is 77.5 Å². The highest BCUT2D eigenvalue weighted by molar-refractivity contribution is 7.86. The van der Waals surface area contributed by atoms with Gasteiger partial charge in [-0.2, -0.15) is 33.7 Å². The fourth-order valence-electron chi connectivity index (χ4n) is 4.77. The number of benzene rings is 5. The average Bonchev–Trinajstić information content (AvgIpc) is 2.98. The van der Waals surface area contributed by atoms with Crippen LogP contribution in [0.4, 0.5) is 17.1 Å². The summed E-state index contributed by atoms with van der Waals surface area (Å²) in [7, 11) is -19.2. The van der Waals surface area contributed by atoms with Gasteiger partial charge in [-0.25, -0.2) is 0 Å². The molecule has 0 aliphatic rings. The summed E-state index contributed by atoms with van der Waals surface area (Å²) in [5, 5.41) is 4.74. The number of nitrogen functional groups attached to an aromatic ring is 1. The highest BCUT2D eigenvalue weighted by atomic mass is 32.2. The van der Waals surface area contributed by atoms with Crippen LogP contribution in [-0.4, -0.2) is 63.7 Å². The Kier molecular flexibility index (Phi) is 8.76. The van der Waals surface area contributed by atoms with Gasteiger partial charge in [0.05, 0.1) is 31.0 Å². The zero-order chi connectivity index (χ0) is 36.3. The Morgan fingerprint density at radius 3 is 1.12 bits per heavy atom. The molecule has 0 heterocycles. The van der Waals surface area contributed by atoms with E-state index in [1.165, 1.54) is 0 Å². The number of amides is 2. The lowest BCUT2D eigenvalue weighted by Crippen LogP contribution is -2.17. The number of carbonyl (C=O) groups is 2. The molecular weight excluding hydrogens is 731 g/mol. The van der Waals surface area contributed by atoms with Gasteiger partial charge in [-0.1, -0.05) is 12.1 Å². The van der Waals surface area contributed by atoms with Gasteiger partial charge in [-0.3, -0.25) is 27.8 Å². The van der Waals surface area contributed by atoms with Gasteiger partial charge in [-0.15, -0.1) is 0 Å². The van der Waals surface area contributed by atoms with Crippen molar-refractivity contribution in [2.24, 2.45) is 0 Å². The van der Waals surface area contributed by atoms with Crippen molar-refractivity contribution >= 4 is 90.9 Å². The monoisotopic (exact) mass is 751 g/mol. The predicted octanol–water partition coefficient (Wildman–Crippen LogP) is 3.07. The van der Waals surface area contributed by atoms with Gasteiger partial charge in [0, 0.05) is 27.6 Å². The van der Waals surface area contributed by atoms with E-state index in [-0.39, 0.29) is 49.7 Å².